The normalized spacial score (nSPS) is 20.8. The fraction of sp³-hybridized carbons (Fsp3) is 0.684. The Hall–Kier alpha value is -0.860. The minimum atomic E-state index is 0.511. The van der Waals surface area contributed by atoms with Crippen LogP contribution in [0.3, 0.4) is 0 Å². The molecule has 0 saturated carbocycles. The highest BCUT2D eigenvalue weighted by atomic mass is 15.1. The van der Waals surface area contributed by atoms with Gasteiger partial charge >= 0.3 is 0 Å². The van der Waals surface area contributed by atoms with Gasteiger partial charge in [-0.15, -0.1) is 0 Å². The Morgan fingerprint density at radius 3 is 2.71 bits per heavy atom. The molecule has 1 saturated heterocycles. The second-order valence-electron chi connectivity index (χ2n) is 6.45. The highest BCUT2D eigenvalue weighted by Gasteiger charge is 2.22. The third-order valence-corrected chi connectivity index (χ3v) is 4.64. The summed E-state index contributed by atoms with van der Waals surface area (Å²) in [5, 5.41) is 3.72. The number of rotatable bonds is 9. The first-order valence-corrected chi connectivity index (χ1v) is 8.84. The van der Waals surface area contributed by atoms with Crippen LogP contribution in [0.15, 0.2) is 30.3 Å². The Morgan fingerprint density at radius 1 is 1.19 bits per heavy atom. The molecular formula is C19H32N2. The summed E-state index contributed by atoms with van der Waals surface area (Å²) in [7, 11) is 0. The third kappa shape index (κ3) is 5.44. The maximum atomic E-state index is 3.72. The molecule has 1 fully saturated rings. The Labute approximate surface area is 130 Å². The van der Waals surface area contributed by atoms with E-state index in [2.05, 4.69) is 54.4 Å². The van der Waals surface area contributed by atoms with Gasteiger partial charge < -0.3 is 10.2 Å². The lowest BCUT2D eigenvalue weighted by Gasteiger charge is -2.23. The molecule has 1 aromatic carbocycles. The van der Waals surface area contributed by atoms with Crippen LogP contribution < -0.4 is 5.32 Å². The van der Waals surface area contributed by atoms with Gasteiger partial charge in [0.2, 0.25) is 0 Å². The van der Waals surface area contributed by atoms with Gasteiger partial charge in [0.25, 0.3) is 0 Å². The summed E-state index contributed by atoms with van der Waals surface area (Å²) in [5.41, 5.74) is 1.44. The third-order valence-electron chi connectivity index (χ3n) is 4.64. The molecule has 2 atom stereocenters. The van der Waals surface area contributed by atoms with E-state index in [-0.39, 0.29) is 0 Å². The van der Waals surface area contributed by atoms with Crippen LogP contribution in [0.25, 0.3) is 0 Å². The monoisotopic (exact) mass is 288 g/mol. The predicted molar refractivity (Wildman–Crippen MR) is 91.5 cm³/mol. The van der Waals surface area contributed by atoms with Crippen molar-refractivity contribution in [2.24, 2.45) is 5.92 Å². The van der Waals surface area contributed by atoms with Gasteiger partial charge in [-0.1, -0.05) is 50.6 Å². The number of likely N-dealkylation sites (tertiary alicyclic amines) is 1. The number of hydrogen-bond acceptors (Lipinski definition) is 2. The molecule has 2 heteroatoms. The van der Waals surface area contributed by atoms with Crippen LogP contribution in [0, 0.1) is 5.92 Å². The maximum absolute atomic E-state index is 3.72. The minimum absolute atomic E-state index is 0.511. The van der Waals surface area contributed by atoms with Crippen molar-refractivity contribution in [3.63, 3.8) is 0 Å². The number of nitrogens with zero attached hydrogens (tertiary/aromatic N) is 1. The van der Waals surface area contributed by atoms with Crippen molar-refractivity contribution in [2.45, 2.75) is 52.0 Å². The number of nitrogens with one attached hydrogen (secondary N) is 1. The molecule has 1 aromatic rings. The van der Waals surface area contributed by atoms with E-state index >= 15 is 0 Å². The van der Waals surface area contributed by atoms with E-state index in [1.54, 1.807) is 0 Å². The Balaban J connectivity index is 1.82. The van der Waals surface area contributed by atoms with Crippen molar-refractivity contribution in [2.75, 3.05) is 26.2 Å². The molecule has 118 valence electrons. The zero-order valence-electron chi connectivity index (χ0n) is 13.9. The summed E-state index contributed by atoms with van der Waals surface area (Å²) >= 11 is 0. The van der Waals surface area contributed by atoms with Gasteiger partial charge in [-0.2, -0.15) is 0 Å². The molecule has 2 unspecified atom stereocenters. The first kappa shape index (κ1) is 16.5. The zero-order chi connectivity index (χ0) is 14.9. The topological polar surface area (TPSA) is 15.3 Å². The minimum Gasteiger partial charge on any atom is -0.310 e. The highest BCUT2D eigenvalue weighted by Crippen LogP contribution is 2.23. The van der Waals surface area contributed by atoms with Crippen LogP contribution in [-0.4, -0.2) is 31.1 Å². The van der Waals surface area contributed by atoms with Gasteiger partial charge in [0.05, 0.1) is 0 Å². The van der Waals surface area contributed by atoms with Gasteiger partial charge in [-0.05, 0) is 56.8 Å². The molecule has 0 bridgehead atoms. The van der Waals surface area contributed by atoms with Crippen molar-refractivity contribution in [3.8, 4) is 0 Å². The molecule has 1 aliphatic rings. The second kappa shape index (κ2) is 9.22. The molecule has 21 heavy (non-hydrogen) atoms. The zero-order valence-corrected chi connectivity index (χ0v) is 13.9. The SMILES string of the molecule is CCCNC(CCN1CCC(CCC)C1)c1ccccc1. The quantitative estimate of drug-likeness (QED) is 0.731. The van der Waals surface area contributed by atoms with Crippen molar-refractivity contribution in [1.29, 1.82) is 0 Å². The van der Waals surface area contributed by atoms with Crippen LogP contribution in [0.1, 0.15) is 57.6 Å². The first-order chi connectivity index (χ1) is 10.3. The molecule has 2 nitrogen and oxygen atoms in total. The fourth-order valence-corrected chi connectivity index (χ4v) is 3.46. The molecular weight excluding hydrogens is 256 g/mol. The van der Waals surface area contributed by atoms with E-state index in [4.69, 9.17) is 0 Å². The lowest BCUT2D eigenvalue weighted by Crippen LogP contribution is -2.28. The lowest BCUT2D eigenvalue weighted by atomic mass is 10.0. The molecule has 2 rings (SSSR count). The van der Waals surface area contributed by atoms with E-state index in [9.17, 15) is 0 Å². The smallest absolute Gasteiger partial charge is 0.0332 e. The van der Waals surface area contributed by atoms with Crippen LogP contribution in [-0.2, 0) is 0 Å². The number of hydrogen-bond donors (Lipinski definition) is 1. The summed E-state index contributed by atoms with van der Waals surface area (Å²) in [6.45, 7) is 9.52. The average molecular weight is 288 g/mol. The lowest BCUT2D eigenvalue weighted by molar-refractivity contribution is 0.296. The Morgan fingerprint density at radius 2 is 2.00 bits per heavy atom. The highest BCUT2D eigenvalue weighted by molar-refractivity contribution is 5.18. The van der Waals surface area contributed by atoms with Crippen molar-refractivity contribution in [1.82, 2.24) is 10.2 Å². The van der Waals surface area contributed by atoms with Gasteiger partial charge in [0.1, 0.15) is 0 Å². The summed E-state index contributed by atoms with van der Waals surface area (Å²) in [6, 6.07) is 11.5. The Bertz CT molecular complexity index is 376. The van der Waals surface area contributed by atoms with Crippen LogP contribution >= 0.6 is 0 Å². The van der Waals surface area contributed by atoms with Crippen LogP contribution in [0.4, 0.5) is 0 Å². The standard InChI is InChI=1S/C19H32N2/c1-3-8-17-11-14-21(16-17)15-12-19(20-13-4-2)18-9-6-5-7-10-18/h5-7,9-10,17,19-20H,3-4,8,11-16H2,1-2H3. The van der Waals surface area contributed by atoms with E-state index < -0.39 is 0 Å². The van der Waals surface area contributed by atoms with Gasteiger partial charge in [-0.3, -0.25) is 0 Å². The molecule has 0 spiro atoms. The largest absolute Gasteiger partial charge is 0.310 e. The molecule has 1 heterocycles. The van der Waals surface area contributed by atoms with Crippen molar-refractivity contribution in [3.05, 3.63) is 35.9 Å². The Kier molecular flexibility index (Phi) is 7.25. The molecule has 0 radical (unpaired) electrons. The molecule has 0 amide bonds. The molecule has 1 aliphatic heterocycles. The average Bonchev–Trinajstić information content (AvgIpc) is 2.96. The maximum Gasteiger partial charge on any atom is 0.0332 e. The summed E-state index contributed by atoms with van der Waals surface area (Å²) in [6.07, 6.45) is 6.58. The van der Waals surface area contributed by atoms with Gasteiger partial charge in [0, 0.05) is 12.6 Å². The molecule has 1 N–H and O–H groups in total. The second-order valence-corrected chi connectivity index (χ2v) is 6.45. The van der Waals surface area contributed by atoms with Crippen LogP contribution in [0.5, 0.6) is 0 Å². The fourth-order valence-electron chi connectivity index (χ4n) is 3.46. The first-order valence-electron chi connectivity index (χ1n) is 8.84. The van der Waals surface area contributed by atoms with E-state index in [0.717, 1.165) is 12.5 Å². The van der Waals surface area contributed by atoms with Crippen molar-refractivity contribution >= 4 is 0 Å². The van der Waals surface area contributed by atoms with Crippen LogP contribution in [0.2, 0.25) is 0 Å². The summed E-state index contributed by atoms with van der Waals surface area (Å²) in [4.78, 5) is 2.67. The number of benzene rings is 1. The molecule has 0 aliphatic carbocycles. The molecule has 0 aromatic heterocycles. The van der Waals surface area contributed by atoms with E-state index in [1.165, 1.54) is 57.3 Å². The van der Waals surface area contributed by atoms with Gasteiger partial charge in [0.15, 0.2) is 0 Å². The summed E-state index contributed by atoms with van der Waals surface area (Å²) in [5.74, 6) is 0.953. The summed E-state index contributed by atoms with van der Waals surface area (Å²) < 4.78 is 0. The van der Waals surface area contributed by atoms with E-state index in [1.807, 2.05) is 0 Å². The van der Waals surface area contributed by atoms with Crippen molar-refractivity contribution < 1.29 is 0 Å². The van der Waals surface area contributed by atoms with Gasteiger partial charge in [-0.25, -0.2) is 0 Å². The predicted octanol–water partition coefficient (Wildman–Crippen LogP) is 4.24. The van der Waals surface area contributed by atoms with E-state index in [0.29, 0.717) is 6.04 Å².